The van der Waals surface area contributed by atoms with Gasteiger partial charge in [0.15, 0.2) is 0 Å². The first kappa shape index (κ1) is 17.0. The van der Waals surface area contributed by atoms with Crippen LogP contribution in [0.3, 0.4) is 0 Å². The summed E-state index contributed by atoms with van der Waals surface area (Å²) in [5.41, 5.74) is 1.27. The summed E-state index contributed by atoms with van der Waals surface area (Å²) in [5, 5.41) is 10.2. The Hall–Kier alpha value is -1.02. The molecule has 0 heterocycles. The van der Waals surface area contributed by atoms with Gasteiger partial charge in [0.25, 0.3) is 0 Å². The van der Waals surface area contributed by atoms with Crippen molar-refractivity contribution in [3.8, 4) is 5.75 Å². The minimum absolute atomic E-state index is 0.168. The van der Waals surface area contributed by atoms with E-state index in [2.05, 4.69) is 26.0 Å². The highest BCUT2D eigenvalue weighted by atomic mass is 16.5. The van der Waals surface area contributed by atoms with Crippen molar-refractivity contribution in [3.63, 3.8) is 0 Å². The van der Waals surface area contributed by atoms with Gasteiger partial charge in [0.1, 0.15) is 5.75 Å². The van der Waals surface area contributed by atoms with Crippen LogP contribution in [0.5, 0.6) is 5.75 Å². The van der Waals surface area contributed by atoms with Crippen LogP contribution in [-0.2, 0) is 6.42 Å². The molecule has 2 unspecified atom stereocenters. The van der Waals surface area contributed by atoms with E-state index in [4.69, 9.17) is 4.74 Å². The van der Waals surface area contributed by atoms with E-state index in [1.54, 1.807) is 7.11 Å². The number of rotatable bonds is 10. The van der Waals surface area contributed by atoms with Crippen molar-refractivity contribution in [1.29, 1.82) is 0 Å². The fourth-order valence-electron chi connectivity index (χ4n) is 2.61. The molecule has 0 saturated carbocycles. The number of ether oxygens (including phenoxy) is 1. The third kappa shape index (κ3) is 6.42. The molecule has 0 saturated heterocycles. The number of unbranched alkanes of at least 4 members (excludes halogenated alkanes) is 1. The van der Waals surface area contributed by atoms with Gasteiger partial charge >= 0.3 is 0 Å². The first-order valence-electron chi connectivity index (χ1n) is 8.00. The van der Waals surface area contributed by atoms with E-state index in [-0.39, 0.29) is 6.10 Å². The number of methoxy groups -OCH3 is 1. The van der Waals surface area contributed by atoms with Gasteiger partial charge in [-0.25, -0.2) is 0 Å². The minimum Gasteiger partial charge on any atom is -0.497 e. The molecule has 20 heavy (non-hydrogen) atoms. The van der Waals surface area contributed by atoms with Crippen molar-refractivity contribution in [1.82, 2.24) is 0 Å². The fourth-order valence-corrected chi connectivity index (χ4v) is 2.61. The van der Waals surface area contributed by atoms with Gasteiger partial charge in [-0.2, -0.15) is 0 Å². The number of aryl methyl sites for hydroxylation is 1. The number of benzene rings is 1. The van der Waals surface area contributed by atoms with Gasteiger partial charge in [0.2, 0.25) is 0 Å². The van der Waals surface area contributed by atoms with Crippen molar-refractivity contribution in [2.45, 2.75) is 64.9 Å². The zero-order chi connectivity index (χ0) is 14.8. The summed E-state index contributed by atoms with van der Waals surface area (Å²) in [7, 11) is 1.68. The Balaban J connectivity index is 2.31. The molecule has 0 fully saturated rings. The van der Waals surface area contributed by atoms with E-state index >= 15 is 0 Å². The topological polar surface area (TPSA) is 29.5 Å². The van der Waals surface area contributed by atoms with Crippen LogP contribution in [0.2, 0.25) is 0 Å². The predicted octanol–water partition coefficient (Wildman–Crippen LogP) is 4.60. The maximum Gasteiger partial charge on any atom is 0.118 e. The Morgan fingerprint density at radius 1 is 1.10 bits per heavy atom. The van der Waals surface area contributed by atoms with Crippen molar-refractivity contribution >= 4 is 0 Å². The number of hydrogen-bond acceptors (Lipinski definition) is 2. The minimum atomic E-state index is -0.168. The Morgan fingerprint density at radius 3 is 2.35 bits per heavy atom. The van der Waals surface area contributed by atoms with E-state index < -0.39 is 0 Å². The first-order valence-corrected chi connectivity index (χ1v) is 8.00. The van der Waals surface area contributed by atoms with Crippen molar-refractivity contribution < 1.29 is 9.84 Å². The molecule has 0 aromatic heterocycles. The smallest absolute Gasteiger partial charge is 0.118 e. The molecule has 2 atom stereocenters. The summed E-state index contributed by atoms with van der Waals surface area (Å²) in [4.78, 5) is 0. The van der Waals surface area contributed by atoms with Crippen LogP contribution in [0.4, 0.5) is 0 Å². The molecule has 0 bridgehead atoms. The molecule has 0 aliphatic heterocycles. The summed E-state index contributed by atoms with van der Waals surface area (Å²) in [5.74, 6) is 1.57. The Morgan fingerprint density at radius 2 is 1.80 bits per heavy atom. The highest BCUT2D eigenvalue weighted by Gasteiger charge is 2.12. The molecule has 0 aliphatic rings. The molecule has 2 heteroatoms. The SMILES string of the molecule is CCCCC(CC)CC(O)CCc1ccc(OC)cc1. The molecule has 1 rings (SSSR count). The molecule has 114 valence electrons. The molecule has 1 N–H and O–H groups in total. The monoisotopic (exact) mass is 278 g/mol. The van der Waals surface area contributed by atoms with Gasteiger partial charge in [-0.05, 0) is 42.9 Å². The maximum atomic E-state index is 10.2. The molecule has 0 amide bonds. The molecule has 0 radical (unpaired) electrons. The molecule has 1 aromatic rings. The van der Waals surface area contributed by atoms with Crippen LogP contribution >= 0.6 is 0 Å². The second-order valence-corrected chi connectivity index (χ2v) is 5.69. The molecule has 0 aliphatic carbocycles. The van der Waals surface area contributed by atoms with Crippen LogP contribution in [-0.4, -0.2) is 18.3 Å². The largest absolute Gasteiger partial charge is 0.497 e. The Bertz CT molecular complexity index is 345. The van der Waals surface area contributed by atoms with Crippen LogP contribution in [0.15, 0.2) is 24.3 Å². The van der Waals surface area contributed by atoms with E-state index in [0.717, 1.165) is 25.0 Å². The molecular weight excluding hydrogens is 248 g/mol. The maximum absolute atomic E-state index is 10.2. The van der Waals surface area contributed by atoms with Gasteiger partial charge in [-0.3, -0.25) is 0 Å². The van der Waals surface area contributed by atoms with Crippen molar-refractivity contribution in [3.05, 3.63) is 29.8 Å². The average Bonchev–Trinajstić information content (AvgIpc) is 2.49. The zero-order valence-electron chi connectivity index (χ0n) is 13.3. The molecule has 0 spiro atoms. The van der Waals surface area contributed by atoms with E-state index in [0.29, 0.717) is 5.92 Å². The van der Waals surface area contributed by atoms with Crippen LogP contribution in [0.1, 0.15) is 57.9 Å². The fraction of sp³-hybridized carbons (Fsp3) is 0.667. The highest BCUT2D eigenvalue weighted by molar-refractivity contribution is 5.27. The van der Waals surface area contributed by atoms with Crippen LogP contribution < -0.4 is 4.74 Å². The molecule has 1 aromatic carbocycles. The summed E-state index contributed by atoms with van der Waals surface area (Å²) in [6, 6.07) is 8.13. The van der Waals surface area contributed by atoms with Gasteiger partial charge < -0.3 is 9.84 Å². The Labute approximate surface area is 124 Å². The standard InChI is InChI=1S/C18H30O2/c1-4-6-7-15(5-2)14-17(19)11-8-16-9-12-18(20-3)13-10-16/h9-10,12-13,15,17,19H,4-8,11,14H2,1-3H3. The van der Waals surface area contributed by atoms with Gasteiger partial charge in [0, 0.05) is 0 Å². The highest BCUT2D eigenvalue weighted by Crippen LogP contribution is 2.21. The lowest BCUT2D eigenvalue weighted by molar-refractivity contribution is 0.129. The second-order valence-electron chi connectivity index (χ2n) is 5.69. The lowest BCUT2D eigenvalue weighted by Gasteiger charge is -2.18. The number of aliphatic hydroxyl groups is 1. The summed E-state index contributed by atoms with van der Waals surface area (Å²) in [6.45, 7) is 4.46. The quantitative estimate of drug-likeness (QED) is 0.678. The zero-order valence-corrected chi connectivity index (χ0v) is 13.3. The molecule has 2 nitrogen and oxygen atoms in total. The third-order valence-electron chi connectivity index (χ3n) is 4.07. The number of aliphatic hydroxyl groups excluding tert-OH is 1. The Kier molecular flexibility index (Phi) is 8.36. The summed E-state index contributed by atoms with van der Waals surface area (Å²) >= 11 is 0. The first-order chi connectivity index (χ1) is 9.69. The third-order valence-corrected chi connectivity index (χ3v) is 4.07. The second kappa shape index (κ2) is 9.82. The average molecular weight is 278 g/mol. The lowest BCUT2D eigenvalue weighted by Crippen LogP contribution is -2.14. The van der Waals surface area contributed by atoms with Crippen LogP contribution in [0, 0.1) is 5.92 Å². The number of hydrogen-bond donors (Lipinski definition) is 1. The van der Waals surface area contributed by atoms with Gasteiger partial charge in [-0.1, -0.05) is 51.7 Å². The lowest BCUT2D eigenvalue weighted by atomic mass is 9.91. The molecular formula is C18H30O2. The van der Waals surface area contributed by atoms with E-state index in [1.165, 1.54) is 31.2 Å². The summed E-state index contributed by atoms with van der Waals surface area (Å²) < 4.78 is 5.15. The summed E-state index contributed by atoms with van der Waals surface area (Å²) in [6.07, 6.45) is 7.55. The van der Waals surface area contributed by atoms with E-state index in [1.807, 2.05) is 12.1 Å². The van der Waals surface area contributed by atoms with Crippen molar-refractivity contribution in [2.24, 2.45) is 5.92 Å². The van der Waals surface area contributed by atoms with Gasteiger partial charge in [0.05, 0.1) is 13.2 Å². The van der Waals surface area contributed by atoms with Crippen molar-refractivity contribution in [2.75, 3.05) is 7.11 Å². The normalized spacial score (nSPS) is 14.0. The van der Waals surface area contributed by atoms with Gasteiger partial charge in [-0.15, -0.1) is 0 Å². The van der Waals surface area contributed by atoms with Crippen LogP contribution in [0.25, 0.3) is 0 Å². The predicted molar refractivity (Wildman–Crippen MR) is 85.2 cm³/mol. The van der Waals surface area contributed by atoms with E-state index in [9.17, 15) is 5.11 Å².